The molecule has 0 bridgehead atoms. The van der Waals surface area contributed by atoms with Crippen LogP contribution < -0.4 is 10.6 Å². The molecule has 0 radical (unpaired) electrons. The van der Waals surface area contributed by atoms with E-state index in [9.17, 15) is 0 Å². The van der Waals surface area contributed by atoms with Crippen LogP contribution in [-0.4, -0.2) is 19.1 Å². The summed E-state index contributed by atoms with van der Waals surface area (Å²) in [5, 5.41) is 15.7. The Balaban J connectivity index is 1.72. The molecule has 17 heavy (non-hydrogen) atoms. The highest BCUT2D eigenvalue weighted by atomic mass is 15.0. The highest BCUT2D eigenvalue weighted by Crippen LogP contribution is 2.06. The molecular weight excluding hydrogens is 210 g/mol. The number of piperidine rings is 1. The van der Waals surface area contributed by atoms with E-state index in [1.54, 1.807) is 0 Å². The fourth-order valence-electron chi connectivity index (χ4n) is 2.19. The van der Waals surface area contributed by atoms with Crippen LogP contribution in [0.5, 0.6) is 0 Å². The van der Waals surface area contributed by atoms with E-state index in [1.165, 1.54) is 24.8 Å². The van der Waals surface area contributed by atoms with Crippen LogP contribution in [0.25, 0.3) is 0 Å². The van der Waals surface area contributed by atoms with Crippen molar-refractivity contribution in [3.05, 3.63) is 35.4 Å². The molecule has 1 aromatic carbocycles. The number of nitrogens with zero attached hydrogens (tertiary/aromatic N) is 1. The van der Waals surface area contributed by atoms with Crippen molar-refractivity contribution in [2.24, 2.45) is 0 Å². The molecule has 1 saturated heterocycles. The maximum atomic E-state index is 8.70. The first-order valence-electron chi connectivity index (χ1n) is 6.31. The van der Waals surface area contributed by atoms with Gasteiger partial charge in [-0.3, -0.25) is 0 Å². The third-order valence-electron chi connectivity index (χ3n) is 3.22. The number of hydrogen-bond acceptors (Lipinski definition) is 3. The number of benzene rings is 1. The zero-order chi connectivity index (χ0) is 11.9. The van der Waals surface area contributed by atoms with Gasteiger partial charge in [-0.05, 0) is 37.1 Å². The van der Waals surface area contributed by atoms with Crippen molar-refractivity contribution in [3.63, 3.8) is 0 Å². The van der Waals surface area contributed by atoms with E-state index in [4.69, 9.17) is 5.26 Å². The quantitative estimate of drug-likeness (QED) is 0.827. The molecule has 3 nitrogen and oxygen atoms in total. The molecule has 0 spiro atoms. The maximum absolute atomic E-state index is 8.70. The van der Waals surface area contributed by atoms with Crippen molar-refractivity contribution in [1.29, 1.82) is 5.26 Å². The smallest absolute Gasteiger partial charge is 0.0991 e. The van der Waals surface area contributed by atoms with Crippen LogP contribution in [0.4, 0.5) is 0 Å². The Morgan fingerprint density at radius 3 is 2.76 bits per heavy atom. The summed E-state index contributed by atoms with van der Waals surface area (Å²) in [6.45, 7) is 3.06. The van der Waals surface area contributed by atoms with Gasteiger partial charge in [-0.2, -0.15) is 5.26 Å². The van der Waals surface area contributed by atoms with E-state index in [1.807, 2.05) is 24.3 Å². The van der Waals surface area contributed by atoms with E-state index in [2.05, 4.69) is 16.7 Å². The first kappa shape index (κ1) is 12.1. The normalized spacial score (nSPS) is 19.8. The molecule has 1 atom stereocenters. The fourth-order valence-corrected chi connectivity index (χ4v) is 2.19. The summed E-state index contributed by atoms with van der Waals surface area (Å²) >= 11 is 0. The largest absolute Gasteiger partial charge is 0.313 e. The average Bonchev–Trinajstić information content (AvgIpc) is 2.41. The first-order valence-corrected chi connectivity index (χ1v) is 6.31. The van der Waals surface area contributed by atoms with Crippen LogP contribution in [0, 0.1) is 11.3 Å². The highest BCUT2D eigenvalue weighted by molar-refractivity contribution is 5.31. The van der Waals surface area contributed by atoms with Gasteiger partial charge in [-0.25, -0.2) is 0 Å². The van der Waals surface area contributed by atoms with Crippen molar-refractivity contribution < 1.29 is 0 Å². The lowest BCUT2D eigenvalue weighted by molar-refractivity contribution is 0.383. The molecule has 0 saturated carbocycles. The van der Waals surface area contributed by atoms with E-state index in [-0.39, 0.29) is 0 Å². The minimum atomic E-state index is 0.627. The van der Waals surface area contributed by atoms with Gasteiger partial charge < -0.3 is 10.6 Å². The van der Waals surface area contributed by atoms with E-state index >= 15 is 0 Å². The van der Waals surface area contributed by atoms with Crippen LogP contribution in [0.15, 0.2) is 24.3 Å². The standard InChI is InChI=1S/C14H19N3/c15-9-12-4-6-13(7-5-12)10-16-11-14-3-1-2-8-17-14/h4-7,14,16-17H,1-3,8,10-11H2. The minimum Gasteiger partial charge on any atom is -0.313 e. The molecule has 90 valence electrons. The molecule has 1 heterocycles. The average molecular weight is 229 g/mol. The zero-order valence-corrected chi connectivity index (χ0v) is 10.1. The molecule has 0 aromatic heterocycles. The second kappa shape index (κ2) is 6.39. The predicted molar refractivity (Wildman–Crippen MR) is 68.5 cm³/mol. The van der Waals surface area contributed by atoms with Gasteiger partial charge in [-0.15, -0.1) is 0 Å². The molecule has 1 fully saturated rings. The van der Waals surface area contributed by atoms with Gasteiger partial charge in [-0.1, -0.05) is 18.6 Å². The number of hydrogen-bond donors (Lipinski definition) is 2. The lowest BCUT2D eigenvalue weighted by Gasteiger charge is -2.23. The lowest BCUT2D eigenvalue weighted by atomic mass is 10.1. The van der Waals surface area contributed by atoms with Crippen molar-refractivity contribution in [2.45, 2.75) is 31.8 Å². The topological polar surface area (TPSA) is 47.9 Å². The van der Waals surface area contributed by atoms with Gasteiger partial charge in [0.25, 0.3) is 0 Å². The van der Waals surface area contributed by atoms with Crippen LogP contribution >= 0.6 is 0 Å². The van der Waals surface area contributed by atoms with Crippen LogP contribution in [-0.2, 0) is 6.54 Å². The summed E-state index contributed by atoms with van der Waals surface area (Å²) in [7, 11) is 0. The van der Waals surface area contributed by atoms with Gasteiger partial charge in [0.2, 0.25) is 0 Å². The van der Waals surface area contributed by atoms with Gasteiger partial charge in [0.15, 0.2) is 0 Å². The molecule has 2 N–H and O–H groups in total. The van der Waals surface area contributed by atoms with Gasteiger partial charge >= 0.3 is 0 Å². The molecule has 1 aromatic rings. The van der Waals surface area contributed by atoms with Crippen LogP contribution in [0.2, 0.25) is 0 Å². The molecule has 1 aliphatic rings. The molecular formula is C14H19N3. The van der Waals surface area contributed by atoms with E-state index in [0.717, 1.165) is 25.2 Å². The summed E-state index contributed by atoms with van der Waals surface area (Å²) in [5.41, 5.74) is 1.96. The number of rotatable bonds is 4. The van der Waals surface area contributed by atoms with Crippen LogP contribution in [0.1, 0.15) is 30.4 Å². The second-order valence-electron chi connectivity index (χ2n) is 4.59. The maximum Gasteiger partial charge on any atom is 0.0991 e. The molecule has 0 aliphatic carbocycles. The third kappa shape index (κ3) is 3.85. The Kier molecular flexibility index (Phi) is 4.54. The monoisotopic (exact) mass is 229 g/mol. The fraction of sp³-hybridized carbons (Fsp3) is 0.500. The molecule has 1 unspecified atom stereocenters. The SMILES string of the molecule is N#Cc1ccc(CNCC2CCCCN2)cc1. The molecule has 2 rings (SSSR count). The summed E-state index contributed by atoms with van der Waals surface area (Å²) < 4.78 is 0. The number of nitrogens with one attached hydrogen (secondary N) is 2. The Hall–Kier alpha value is -1.37. The summed E-state index contributed by atoms with van der Waals surface area (Å²) in [6.07, 6.45) is 3.93. The Morgan fingerprint density at radius 2 is 2.12 bits per heavy atom. The predicted octanol–water partition coefficient (Wildman–Crippen LogP) is 1.79. The van der Waals surface area contributed by atoms with E-state index in [0.29, 0.717) is 6.04 Å². The van der Waals surface area contributed by atoms with Crippen molar-refractivity contribution in [2.75, 3.05) is 13.1 Å². The van der Waals surface area contributed by atoms with E-state index < -0.39 is 0 Å². The Morgan fingerprint density at radius 1 is 1.29 bits per heavy atom. The van der Waals surface area contributed by atoms with Crippen LogP contribution in [0.3, 0.4) is 0 Å². The van der Waals surface area contributed by atoms with Crippen molar-refractivity contribution in [3.8, 4) is 6.07 Å². The number of nitriles is 1. The summed E-state index contributed by atoms with van der Waals surface area (Å²) in [5.74, 6) is 0. The van der Waals surface area contributed by atoms with Gasteiger partial charge in [0.05, 0.1) is 11.6 Å². The second-order valence-corrected chi connectivity index (χ2v) is 4.59. The minimum absolute atomic E-state index is 0.627. The Bertz CT molecular complexity index is 371. The molecule has 1 aliphatic heterocycles. The summed E-state index contributed by atoms with van der Waals surface area (Å²) in [6, 6.07) is 10.5. The highest BCUT2D eigenvalue weighted by Gasteiger charge is 2.11. The van der Waals surface area contributed by atoms with Gasteiger partial charge in [0, 0.05) is 19.1 Å². The summed E-state index contributed by atoms with van der Waals surface area (Å²) in [4.78, 5) is 0. The Labute approximate surface area is 103 Å². The molecule has 3 heteroatoms. The third-order valence-corrected chi connectivity index (χ3v) is 3.22. The van der Waals surface area contributed by atoms with Gasteiger partial charge in [0.1, 0.15) is 0 Å². The van der Waals surface area contributed by atoms with Crippen molar-refractivity contribution >= 4 is 0 Å². The zero-order valence-electron chi connectivity index (χ0n) is 10.1. The lowest BCUT2D eigenvalue weighted by Crippen LogP contribution is -2.41. The molecule has 0 amide bonds. The van der Waals surface area contributed by atoms with Crippen molar-refractivity contribution in [1.82, 2.24) is 10.6 Å². The first-order chi connectivity index (χ1) is 8.38.